The zero-order chi connectivity index (χ0) is 14.5. The highest BCUT2D eigenvalue weighted by molar-refractivity contribution is 7.07. The molecule has 1 saturated heterocycles. The van der Waals surface area contributed by atoms with Gasteiger partial charge >= 0.3 is 6.03 Å². The van der Waals surface area contributed by atoms with E-state index in [1.165, 1.54) is 5.69 Å². The molecule has 0 bridgehead atoms. The number of nitrogens with zero attached hydrogens (tertiary/aromatic N) is 1. The Labute approximate surface area is 128 Å². The molecule has 2 amide bonds. The molecule has 21 heavy (non-hydrogen) atoms. The average Bonchev–Trinajstić information content (AvgIpc) is 3.17. The molecule has 0 saturated carbocycles. The second-order valence-electron chi connectivity index (χ2n) is 5.23. The molecule has 1 aromatic heterocycles. The summed E-state index contributed by atoms with van der Waals surface area (Å²) in [6.45, 7) is 2.44. The Morgan fingerprint density at radius 3 is 2.90 bits per heavy atom. The van der Waals surface area contributed by atoms with Gasteiger partial charge in [0.25, 0.3) is 0 Å². The van der Waals surface area contributed by atoms with Crippen LogP contribution in [0.5, 0.6) is 0 Å². The summed E-state index contributed by atoms with van der Waals surface area (Å²) >= 11 is 1.64. The number of urea groups is 1. The zero-order valence-corrected chi connectivity index (χ0v) is 12.6. The molecule has 2 aromatic rings. The van der Waals surface area contributed by atoms with Crippen LogP contribution in [0.1, 0.15) is 12.0 Å². The van der Waals surface area contributed by atoms with Gasteiger partial charge in [0.05, 0.1) is 0 Å². The van der Waals surface area contributed by atoms with Gasteiger partial charge in [-0.25, -0.2) is 4.79 Å². The molecule has 1 aliphatic rings. The van der Waals surface area contributed by atoms with E-state index >= 15 is 0 Å². The minimum absolute atomic E-state index is 0.0823. The van der Waals surface area contributed by atoms with Crippen molar-refractivity contribution in [2.24, 2.45) is 0 Å². The number of carbonyl (C=O) groups excluding carboxylic acids is 1. The summed E-state index contributed by atoms with van der Waals surface area (Å²) in [5, 5.41) is 10.0. The number of amides is 2. The summed E-state index contributed by atoms with van der Waals surface area (Å²) in [6.07, 6.45) is 0.987. The van der Waals surface area contributed by atoms with E-state index in [2.05, 4.69) is 27.7 Å². The highest BCUT2D eigenvalue weighted by Gasteiger charge is 2.23. The predicted molar refractivity (Wildman–Crippen MR) is 86.8 cm³/mol. The zero-order valence-electron chi connectivity index (χ0n) is 11.8. The van der Waals surface area contributed by atoms with Crippen LogP contribution in [0.4, 0.5) is 10.5 Å². The van der Waals surface area contributed by atoms with Crippen LogP contribution in [0.15, 0.2) is 47.2 Å². The fraction of sp³-hybridized carbons (Fsp3) is 0.312. The van der Waals surface area contributed by atoms with E-state index in [-0.39, 0.29) is 12.1 Å². The Kier molecular flexibility index (Phi) is 4.40. The van der Waals surface area contributed by atoms with Gasteiger partial charge in [0.15, 0.2) is 0 Å². The Hall–Kier alpha value is -2.01. The SMILES string of the molecule is O=C(NCc1ccsc1)NC1CCN(c2ccccc2)C1. The number of rotatable bonds is 4. The molecule has 3 rings (SSSR count). The summed E-state index contributed by atoms with van der Waals surface area (Å²) in [4.78, 5) is 14.2. The molecule has 0 radical (unpaired) electrons. The van der Waals surface area contributed by atoms with Crippen molar-refractivity contribution in [3.05, 3.63) is 52.7 Å². The molecule has 0 aliphatic carbocycles. The third-order valence-corrected chi connectivity index (χ3v) is 4.41. The average molecular weight is 301 g/mol. The molecule has 0 spiro atoms. The molecule has 5 heteroatoms. The van der Waals surface area contributed by atoms with Gasteiger partial charge in [0.1, 0.15) is 0 Å². The van der Waals surface area contributed by atoms with Gasteiger partial charge in [-0.15, -0.1) is 0 Å². The van der Waals surface area contributed by atoms with Crippen LogP contribution in [0.25, 0.3) is 0 Å². The molecular weight excluding hydrogens is 282 g/mol. The minimum Gasteiger partial charge on any atom is -0.369 e. The van der Waals surface area contributed by atoms with Crippen LogP contribution < -0.4 is 15.5 Å². The quantitative estimate of drug-likeness (QED) is 0.912. The van der Waals surface area contributed by atoms with E-state index in [4.69, 9.17) is 0 Å². The van der Waals surface area contributed by atoms with Gasteiger partial charge in [-0.1, -0.05) is 18.2 Å². The van der Waals surface area contributed by atoms with Crippen LogP contribution in [0, 0.1) is 0 Å². The molecule has 1 fully saturated rings. The first-order valence-electron chi connectivity index (χ1n) is 7.17. The molecule has 2 N–H and O–H groups in total. The van der Waals surface area contributed by atoms with Crippen LogP contribution >= 0.6 is 11.3 Å². The molecule has 2 heterocycles. The van der Waals surface area contributed by atoms with Crippen LogP contribution in [0.2, 0.25) is 0 Å². The fourth-order valence-corrected chi connectivity index (χ4v) is 3.23. The summed E-state index contributed by atoms with van der Waals surface area (Å²) in [7, 11) is 0. The van der Waals surface area contributed by atoms with E-state index < -0.39 is 0 Å². The van der Waals surface area contributed by atoms with Crippen molar-refractivity contribution in [3.8, 4) is 0 Å². The van der Waals surface area contributed by atoms with Gasteiger partial charge in [-0.2, -0.15) is 11.3 Å². The van der Waals surface area contributed by atoms with Gasteiger partial charge in [0.2, 0.25) is 0 Å². The highest BCUT2D eigenvalue weighted by Crippen LogP contribution is 2.19. The monoisotopic (exact) mass is 301 g/mol. The number of anilines is 1. The smallest absolute Gasteiger partial charge is 0.315 e. The van der Waals surface area contributed by atoms with Crippen molar-refractivity contribution in [2.75, 3.05) is 18.0 Å². The first-order chi connectivity index (χ1) is 10.3. The third-order valence-electron chi connectivity index (χ3n) is 3.68. The molecule has 1 aliphatic heterocycles. The van der Waals surface area contributed by atoms with Gasteiger partial charge in [-0.3, -0.25) is 0 Å². The molecule has 1 unspecified atom stereocenters. The van der Waals surface area contributed by atoms with Crippen molar-refractivity contribution >= 4 is 23.1 Å². The molecule has 1 atom stereocenters. The topological polar surface area (TPSA) is 44.4 Å². The van der Waals surface area contributed by atoms with Crippen molar-refractivity contribution in [1.82, 2.24) is 10.6 Å². The normalized spacial score (nSPS) is 17.7. The number of hydrogen-bond acceptors (Lipinski definition) is 3. The minimum atomic E-state index is -0.0823. The molecule has 4 nitrogen and oxygen atoms in total. The van der Waals surface area contributed by atoms with E-state index in [1.807, 2.05) is 35.0 Å². The van der Waals surface area contributed by atoms with Crippen molar-refractivity contribution in [3.63, 3.8) is 0 Å². The van der Waals surface area contributed by atoms with Crippen molar-refractivity contribution < 1.29 is 4.79 Å². The Bertz CT molecular complexity index is 570. The van der Waals surface area contributed by atoms with Crippen LogP contribution in [-0.2, 0) is 6.54 Å². The number of benzene rings is 1. The lowest BCUT2D eigenvalue weighted by Gasteiger charge is -2.19. The molecule has 110 valence electrons. The van der Waals surface area contributed by atoms with E-state index in [9.17, 15) is 4.79 Å². The first kappa shape index (κ1) is 13.9. The van der Waals surface area contributed by atoms with Crippen molar-refractivity contribution in [1.29, 1.82) is 0 Å². The molecule has 1 aromatic carbocycles. The number of nitrogens with one attached hydrogen (secondary N) is 2. The largest absolute Gasteiger partial charge is 0.369 e. The second-order valence-corrected chi connectivity index (χ2v) is 6.01. The second kappa shape index (κ2) is 6.63. The summed E-state index contributed by atoms with van der Waals surface area (Å²) in [6, 6.07) is 12.5. The maximum Gasteiger partial charge on any atom is 0.315 e. The number of para-hydroxylation sites is 1. The standard InChI is InChI=1S/C16H19N3OS/c20-16(17-10-13-7-9-21-12-13)18-14-6-8-19(11-14)15-4-2-1-3-5-15/h1-5,7,9,12,14H,6,8,10-11H2,(H2,17,18,20). The predicted octanol–water partition coefficient (Wildman–Crippen LogP) is 2.83. The Morgan fingerprint density at radius 1 is 1.29 bits per heavy atom. The third kappa shape index (κ3) is 3.76. The fourth-order valence-electron chi connectivity index (χ4n) is 2.56. The van der Waals surface area contributed by atoms with Gasteiger partial charge < -0.3 is 15.5 Å². The van der Waals surface area contributed by atoms with E-state index in [0.29, 0.717) is 6.54 Å². The maximum atomic E-state index is 11.9. The maximum absolute atomic E-state index is 11.9. The lowest BCUT2D eigenvalue weighted by atomic mass is 10.3. The Morgan fingerprint density at radius 2 is 2.14 bits per heavy atom. The van der Waals surface area contributed by atoms with Gasteiger partial charge in [0, 0.05) is 31.4 Å². The lowest BCUT2D eigenvalue weighted by molar-refractivity contribution is 0.237. The van der Waals surface area contributed by atoms with E-state index in [0.717, 1.165) is 25.1 Å². The number of thiophene rings is 1. The number of carbonyl (C=O) groups is 1. The van der Waals surface area contributed by atoms with Crippen LogP contribution in [-0.4, -0.2) is 25.2 Å². The highest BCUT2D eigenvalue weighted by atomic mass is 32.1. The van der Waals surface area contributed by atoms with Crippen LogP contribution in [0.3, 0.4) is 0 Å². The lowest BCUT2D eigenvalue weighted by Crippen LogP contribution is -2.43. The van der Waals surface area contributed by atoms with Crippen molar-refractivity contribution in [2.45, 2.75) is 19.0 Å². The first-order valence-corrected chi connectivity index (χ1v) is 8.11. The molecular formula is C16H19N3OS. The summed E-state index contributed by atoms with van der Waals surface area (Å²) in [5.74, 6) is 0. The number of hydrogen-bond donors (Lipinski definition) is 2. The summed E-state index contributed by atoms with van der Waals surface area (Å²) < 4.78 is 0. The van der Waals surface area contributed by atoms with Gasteiger partial charge in [-0.05, 0) is 40.9 Å². The Balaban J connectivity index is 1.45. The van der Waals surface area contributed by atoms with E-state index in [1.54, 1.807) is 11.3 Å². The summed E-state index contributed by atoms with van der Waals surface area (Å²) in [5.41, 5.74) is 2.37.